The largest absolute Gasteiger partial charge is 0.495 e. The van der Waals surface area contributed by atoms with Crippen LogP contribution in [0.5, 0.6) is 0 Å². The van der Waals surface area contributed by atoms with E-state index in [0.29, 0.717) is 13.2 Å². The van der Waals surface area contributed by atoms with Crippen LogP contribution >= 0.6 is 0 Å². The monoisotopic (exact) mass is 293 g/mol. The van der Waals surface area contributed by atoms with Crippen LogP contribution in [0.25, 0.3) is 0 Å². The van der Waals surface area contributed by atoms with E-state index in [2.05, 4.69) is 26.8 Å². The highest BCUT2D eigenvalue weighted by molar-refractivity contribution is 5.59. The molecule has 0 saturated carbocycles. The van der Waals surface area contributed by atoms with E-state index in [-0.39, 0.29) is 18.0 Å². The molecular weight excluding hydrogens is 266 g/mol. The summed E-state index contributed by atoms with van der Waals surface area (Å²) in [6.07, 6.45) is 1.67. The van der Waals surface area contributed by atoms with Crippen molar-refractivity contribution in [1.29, 1.82) is 0 Å². The van der Waals surface area contributed by atoms with E-state index in [9.17, 15) is 5.11 Å². The van der Waals surface area contributed by atoms with E-state index in [1.807, 2.05) is 18.2 Å². The maximum atomic E-state index is 10.2. The third kappa shape index (κ3) is 5.06. The molecule has 1 rings (SSSR count). The molecule has 0 aliphatic heterocycles. The summed E-state index contributed by atoms with van der Waals surface area (Å²) in [7, 11) is 1.64. The Morgan fingerprint density at radius 1 is 1.24 bits per heavy atom. The Balaban J connectivity index is 3.04. The predicted molar refractivity (Wildman–Crippen MR) is 86.7 cm³/mol. The summed E-state index contributed by atoms with van der Waals surface area (Å²) in [6, 6.07) is 8.07. The van der Waals surface area contributed by atoms with Crippen LogP contribution in [-0.2, 0) is 14.9 Å². The van der Waals surface area contributed by atoms with Crippen molar-refractivity contribution in [2.24, 2.45) is 0 Å². The predicted octanol–water partition coefficient (Wildman–Crippen LogP) is 3.83. The first kappa shape index (κ1) is 17.5. The van der Waals surface area contributed by atoms with Crippen LogP contribution in [0.3, 0.4) is 0 Å². The van der Waals surface area contributed by atoms with Crippen molar-refractivity contribution in [2.75, 3.05) is 32.0 Å². The molecule has 4 heteroatoms. The Kier molecular flexibility index (Phi) is 6.72. The molecule has 0 spiro atoms. The Morgan fingerprint density at radius 3 is 2.48 bits per heavy atom. The van der Waals surface area contributed by atoms with Gasteiger partial charge in [0, 0.05) is 12.8 Å². The minimum absolute atomic E-state index is 0.0185. The molecule has 0 bridgehead atoms. The van der Waals surface area contributed by atoms with E-state index < -0.39 is 0 Å². The first-order chi connectivity index (χ1) is 9.91. The summed E-state index contributed by atoms with van der Waals surface area (Å²) in [4.78, 5) is 1.77. The number of para-hydroxylation sites is 1. The number of hydrogen-bond donors (Lipinski definition) is 1. The number of methoxy groups -OCH3 is 1. The molecule has 0 aromatic heterocycles. The summed E-state index contributed by atoms with van der Waals surface area (Å²) in [6.45, 7) is 9.57. The Hall–Kier alpha value is -1.52. The summed E-state index contributed by atoms with van der Waals surface area (Å²) in [5, 5.41) is 10.2. The second kappa shape index (κ2) is 8.05. The van der Waals surface area contributed by atoms with Gasteiger partial charge in [0.2, 0.25) is 0 Å². The fourth-order valence-corrected chi connectivity index (χ4v) is 2.06. The molecule has 1 aromatic rings. The van der Waals surface area contributed by atoms with Crippen LogP contribution in [0.1, 0.15) is 33.3 Å². The zero-order valence-electron chi connectivity index (χ0n) is 13.7. The normalized spacial score (nSPS) is 12.5. The molecule has 0 unspecified atom stereocenters. The van der Waals surface area contributed by atoms with Gasteiger partial charge in [-0.2, -0.15) is 0 Å². The van der Waals surface area contributed by atoms with E-state index in [1.165, 1.54) is 0 Å². The average molecular weight is 293 g/mol. The lowest BCUT2D eigenvalue weighted by Gasteiger charge is -2.30. The second-order valence-corrected chi connectivity index (χ2v) is 5.87. The summed E-state index contributed by atoms with van der Waals surface area (Å²) in [5.74, 6) is 0.184. The average Bonchev–Trinajstić information content (AvgIpc) is 2.46. The van der Waals surface area contributed by atoms with Gasteiger partial charge < -0.3 is 14.6 Å². The van der Waals surface area contributed by atoms with E-state index in [4.69, 9.17) is 9.47 Å². The number of allylic oxidation sites excluding steroid dienone is 1. The van der Waals surface area contributed by atoms with Crippen LogP contribution in [0.2, 0.25) is 0 Å². The zero-order valence-corrected chi connectivity index (χ0v) is 13.7. The topological polar surface area (TPSA) is 41.9 Å². The lowest BCUT2D eigenvalue weighted by molar-refractivity contribution is 0.0695. The minimum atomic E-state index is -0.0185. The molecule has 21 heavy (non-hydrogen) atoms. The number of aliphatic hydroxyl groups excluding tert-OH is 1. The van der Waals surface area contributed by atoms with Crippen molar-refractivity contribution >= 4 is 5.69 Å². The van der Waals surface area contributed by atoms with E-state index >= 15 is 0 Å². The van der Waals surface area contributed by atoms with Crippen molar-refractivity contribution in [3.8, 4) is 0 Å². The number of aliphatic hydroxyl groups is 1. The molecule has 4 nitrogen and oxygen atoms in total. The maximum Gasteiger partial charge on any atom is 0.188 e. The van der Waals surface area contributed by atoms with Gasteiger partial charge in [0.05, 0.1) is 13.2 Å². The first-order valence-corrected chi connectivity index (χ1v) is 7.20. The Bertz CT molecular complexity index is 463. The van der Waals surface area contributed by atoms with Gasteiger partial charge in [-0.15, -0.1) is 0 Å². The SMILES string of the molecule is C/C=C(\O)N(COCCOC)c1ccccc1C(C)(C)C. The highest BCUT2D eigenvalue weighted by Crippen LogP contribution is 2.33. The summed E-state index contributed by atoms with van der Waals surface area (Å²) >= 11 is 0. The van der Waals surface area contributed by atoms with Crippen LogP contribution in [-0.4, -0.2) is 32.2 Å². The lowest BCUT2D eigenvalue weighted by atomic mass is 9.85. The van der Waals surface area contributed by atoms with Crippen molar-refractivity contribution in [2.45, 2.75) is 33.1 Å². The number of ether oxygens (including phenoxy) is 2. The molecule has 0 aliphatic carbocycles. The summed E-state index contributed by atoms with van der Waals surface area (Å²) < 4.78 is 10.6. The third-order valence-corrected chi connectivity index (χ3v) is 3.19. The van der Waals surface area contributed by atoms with Gasteiger partial charge in [0.25, 0.3) is 0 Å². The van der Waals surface area contributed by atoms with Crippen molar-refractivity contribution in [1.82, 2.24) is 0 Å². The third-order valence-electron chi connectivity index (χ3n) is 3.19. The van der Waals surface area contributed by atoms with Gasteiger partial charge in [0.1, 0.15) is 6.73 Å². The van der Waals surface area contributed by atoms with Crippen molar-refractivity contribution in [3.63, 3.8) is 0 Å². The van der Waals surface area contributed by atoms with Crippen LogP contribution in [0.4, 0.5) is 5.69 Å². The van der Waals surface area contributed by atoms with Crippen LogP contribution in [0, 0.1) is 0 Å². The fraction of sp³-hybridized carbons (Fsp3) is 0.529. The molecule has 0 fully saturated rings. The van der Waals surface area contributed by atoms with Crippen molar-refractivity contribution < 1.29 is 14.6 Å². The number of rotatable bonds is 7. The van der Waals surface area contributed by atoms with E-state index in [1.54, 1.807) is 25.0 Å². The van der Waals surface area contributed by atoms with Gasteiger partial charge in [-0.1, -0.05) is 39.0 Å². The lowest BCUT2D eigenvalue weighted by Crippen LogP contribution is -2.29. The molecule has 0 amide bonds. The quantitative estimate of drug-likeness (QED) is 0.471. The number of anilines is 1. The molecule has 0 atom stereocenters. The van der Waals surface area contributed by atoms with Crippen LogP contribution < -0.4 is 4.90 Å². The first-order valence-electron chi connectivity index (χ1n) is 7.20. The fourth-order valence-electron chi connectivity index (χ4n) is 2.06. The van der Waals surface area contributed by atoms with Gasteiger partial charge in [-0.3, -0.25) is 4.90 Å². The molecular formula is C17H27NO3. The minimum Gasteiger partial charge on any atom is -0.495 e. The second-order valence-electron chi connectivity index (χ2n) is 5.87. The molecule has 0 radical (unpaired) electrons. The van der Waals surface area contributed by atoms with Crippen molar-refractivity contribution in [3.05, 3.63) is 41.8 Å². The number of hydrogen-bond acceptors (Lipinski definition) is 4. The van der Waals surface area contributed by atoms with Gasteiger partial charge in [0.15, 0.2) is 5.88 Å². The smallest absolute Gasteiger partial charge is 0.188 e. The molecule has 0 aliphatic rings. The Labute approximate surface area is 128 Å². The molecule has 1 N–H and O–H groups in total. The Morgan fingerprint density at radius 2 is 1.90 bits per heavy atom. The maximum absolute atomic E-state index is 10.2. The molecule has 1 aromatic carbocycles. The van der Waals surface area contributed by atoms with Gasteiger partial charge in [-0.05, 0) is 30.0 Å². The standard InChI is InChI=1S/C17H27NO3/c1-6-16(19)18(13-21-12-11-20-5)15-10-8-7-9-14(15)17(2,3)4/h6-10,19H,11-13H2,1-5H3/b16-6-. The number of nitrogens with zero attached hydrogens (tertiary/aromatic N) is 1. The highest BCUT2D eigenvalue weighted by atomic mass is 16.5. The molecule has 0 heterocycles. The molecule has 0 saturated heterocycles. The number of benzene rings is 1. The molecule has 118 valence electrons. The highest BCUT2D eigenvalue weighted by Gasteiger charge is 2.22. The van der Waals surface area contributed by atoms with Gasteiger partial charge >= 0.3 is 0 Å². The van der Waals surface area contributed by atoms with E-state index in [0.717, 1.165) is 11.3 Å². The van der Waals surface area contributed by atoms with Gasteiger partial charge in [-0.25, -0.2) is 0 Å². The van der Waals surface area contributed by atoms with Crippen LogP contribution in [0.15, 0.2) is 36.2 Å². The summed E-state index contributed by atoms with van der Waals surface area (Å²) in [5.41, 5.74) is 2.10. The zero-order chi connectivity index (χ0) is 15.9.